The Morgan fingerprint density at radius 1 is 1.20 bits per heavy atom. The molecule has 0 atom stereocenters. The summed E-state index contributed by atoms with van der Waals surface area (Å²) in [5, 5.41) is 0.253. The highest BCUT2D eigenvalue weighted by Gasteiger charge is 2.09. The fraction of sp³-hybridized carbons (Fsp3) is 0.600. The van der Waals surface area contributed by atoms with Gasteiger partial charge < -0.3 is 9.47 Å². The molecule has 0 aromatic carbocycles. The van der Waals surface area contributed by atoms with E-state index in [4.69, 9.17) is 21.1 Å². The van der Waals surface area contributed by atoms with Gasteiger partial charge in [0.25, 0.3) is 0 Å². The normalized spacial score (nSPS) is 10.9. The largest absolute Gasteiger partial charge is 0.353 e. The lowest BCUT2D eigenvalue weighted by Crippen LogP contribution is -2.20. The van der Waals surface area contributed by atoms with Gasteiger partial charge in [-0.25, -0.2) is 9.97 Å². The SMILES string of the molecule is CCOC(Cc1cnc(Cl)nc1)OCC. The zero-order valence-corrected chi connectivity index (χ0v) is 9.70. The Bertz CT molecular complexity index is 273. The second-order valence-electron chi connectivity index (χ2n) is 2.90. The van der Waals surface area contributed by atoms with Gasteiger partial charge in [0.2, 0.25) is 5.28 Å². The number of ether oxygens (including phenoxy) is 2. The number of aromatic nitrogens is 2. The molecule has 5 heteroatoms. The van der Waals surface area contributed by atoms with E-state index in [1.54, 1.807) is 12.4 Å². The summed E-state index contributed by atoms with van der Waals surface area (Å²) in [5.41, 5.74) is 0.950. The number of hydrogen-bond donors (Lipinski definition) is 0. The summed E-state index contributed by atoms with van der Waals surface area (Å²) in [7, 11) is 0. The first kappa shape index (κ1) is 12.4. The first-order chi connectivity index (χ1) is 7.26. The van der Waals surface area contributed by atoms with Crippen LogP contribution in [0.3, 0.4) is 0 Å². The number of rotatable bonds is 6. The van der Waals surface area contributed by atoms with Crippen molar-refractivity contribution in [2.24, 2.45) is 0 Å². The Balaban J connectivity index is 2.53. The summed E-state index contributed by atoms with van der Waals surface area (Å²) in [6.45, 7) is 5.12. The average molecular weight is 231 g/mol. The van der Waals surface area contributed by atoms with Crippen LogP contribution in [0.4, 0.5) is 0 Å². The van der Waals surface area contributed by atoms with E-state index in [0.717, 1.165) is 5.56 Å². The molecule has 84 valence electrons. The second kappa shape index (κ2) is 6.71. The van der Waals surface area contributed by atoms with Crippen LogP contribution in [0.5, 0.6) is 0 Å². The highest BCUT2D eigenvalue weighted by atomic mass is 35.5. The standard InChI is InChI=1S/C10H15ClN2O2/c1-3-14-9(15-4-2)5-8-6-12-10(11)13-7-8/h6-7,9H,3-5H2,1-2H3. The van der Waals surface area contributed by atoms with Gasteiger partial charge in [-0.05, 0) is 31.0 Å². The lowest BCUT2D eigenvalue weighted by atomic mass is 10.2. The van der Waals surface area contributed by atoms with Crippen molar-refractivity contribution in [2.75, 3.05) is 13.2 Å². The van der Waals surface area contributed by atoms with E-state index >= 15 is 0 Å². The molecule has 1 aromatic heterocycles. The van der Waals surface area contributed by atoms with Crippen molar-refractivity contribution in [3.8, 4) is 0 Å². The summed E-state index contributed by atoms with van der Waals surface area (Å²) in [5.74, 6) is 0. The third kappa shape index (κ3) is 4.55. The maximum atomic E-state index is 5.59. The van der Waals surface area contributed by atoms with Gasteiger partial charge in [0.1, 0.15) is 0 Å². The van der Waals surface area contributed by atoms with Crippen LogP contribution in [-0.2, 0) is 15.9 Å². The molecule has 0 aliphatic rings. The third-order valence-corrected chi connectivity index (χ3v) is 1.98. The van der Waals surface area contributed by atoms with Crippen molar-refractivity contribution in [2.45, 2.75) is 26.6 Å². The van der Waals surface area contributed by atoms with Gasteiger partial charge in [-0.1, -0.05) is 0 Å². The van der Waals surface area contributed by atoms with Gasteiger partial charge in [-0.3, -0.25) is 0 Å². The lowest BCUT2D eigenvalue weighted by molar-refractivity contribution is -0.134. The highest BCUT2D eigenvalue weighted by molar-refractivity contribution is 6.28. The van der Waals surface area contributed by atoms with Crippen molar-refractivity contribution < 1.29 is 9.47 Å². The number of halogens is 1. The van der Waals surface area contributed by atoms with Gasteiger partial charge >= 0.3 is 0 Å². The first-order valence-corrected chi connectivity index (χ1v) is 5.33. The maximum Gasteiger partial charge on any atom is 0.222 e. The molecule has 0 amide bonds. The summed E-state index contributed by atoms with van der Waals surface area (Å²) in [6.07, 6.45) is 3.77. The van der Waals surface area contributed by atoms with Crippen molar-refractivity contribution in [1.82, 2.24) is 9.97 Å². The Hall–Kier alpha value is -0.710. The molecule has 0 aliphatic carbocycles. The van der Waals surface area contributed by atoms with E-state index in [0.29, 0.717) is 19.6 Å². The fourth-order valence-corrected chi connectivity index (χ4v) is 1.27. The number of hydrogen-bond acceptors (Lipinski definition) is 4. The van der Waals surface area contributed by atoms with Gasteiger partial charge in [0.05, 0.1) is 0 Å². The zero-order valence-electron chi connectivity index (χ0n) is 8.94. The molecule has 15 heavy (non-hydrogen) atoms. The van der Waals surface area contributed by atoms with Crippen LogP contribution in [0, 0.1) is 0 Å². The molecule has 0 fully saturated rings. The van der Waals surface area contributed by atoms with E-state index in [2.05, 4.69) is 9.97 Å². The van der Waals surface area contributed by atoms with E-state index in [9.17, 15) is 0 Å². The molecule has 1 heterocycles. The van der Waals surface area contributed by atoms with Crippen LogP contribution in [-0.4, -0.2) is 29.5 Å². The lowest BCUT2D eigenvalue weighted by Gasteiger charge is -2.16. The summed E-state index contributed by atoms with van der Waals surface area (Å²) in [4.78, 5) is 7.79. The molecule has 1 rings (SSSR count). The summed E-state index contributed by atoms with van der Waals surface area (Å²) < 4.78 is 10.8. The predicted octanol–water partition coefficient (Wildman–Crippen LogP) is 2.07. The maximum absolute atomic E-state index is 5.59. The predicted molar refractivity (Wildman–Crippen MR) is 57.8 cm³/mol. The monoisotopic (exact) mass is 230 g/mol. The molecule has 0 aliphatic heterocycles. The van der Waals surface area contributed by atoms with E-state index < -0.39 is 0 Å². The smallest absolute Gasteiger partial charge is 0.222 e. The molecule has 0 N–H and O–H groups in total. The zero-order chi connectivity index (χ0) is 11.1. The molecular formula is C10H15ClN2O2. The molecule has 0 saturated carbocycles. The molecule has 0 bridgehead atoms. The van der Waals surface area contributed by atoms with Crippen LogP contribution in [0.1, 0.15) is 19.4 Å². The fourth-order valence-electron chi connectivity index (χ4n) is 1.17. The first-order valence-electron chi connectivity index (χ1n) is 4.95. The second-order valence-corrected chi connectivity index (χ2v) is 3.24. The van der Waals surface area contributed by atoms with Crippen LogP contribution < -0.4 is 0 Å². The number of nitrogens with zero attached hydrogens (tertiary/aromatic N) is 2. The Morgan fingerprint density at radius 2 is 1.73 bits per heavy atom. The Kier molecular flexibility index (Phi) is 5.53. The molecule has 0 unspecified atom stereocenters. The molecule has 0 saturated heterocycles. The average Bonchev–Trinajstić information content (AvgIpc) is 2.22. The van der Waals surface area contributed by atoms with E-state index in [-0.39, 0.29) is 11.6 Å². The summed E-state index contributed by atoms with van der Waals surface area (Å²) in [6, 6.07) is 0. The Morgan fingerprint density at radius 3 is 2.20 bits per heavy atom. The quantitative estimate of drug-likeness (QED) is 0.554. The highest BCUT2D eigenvalue weighted by Crippen LogP contribution is 2.07. The molecule has 4 nitrogen and oxygen atoms in total. The topological polar surface area (TPSA) is 44.2 Å². The van der Waals surface area contributed by atoms with Crippen LogP contribution in [0.2, 0.25) is 5.28 Å². The van der Waals surface area contributed by atoms with Gasteiger partial charge in [-0.2, -0.15) is 0 Å². The molecular weight excluding hydrogens is 216 g/mol. The molecule has 1 aromatic rings. The minimum Gasteiger partial charge on any atom is -0.353 e. The van der Waals surface area contributed by atoms with Crippen LogP contribution in [0.15, 0.2) is 12.4 Å². The van der Waals surface area contributed by atoms with Crippen molar-refractivity contribution in [1.29, 1.82) is 0 Å². The van der Waals surface area contributed by atoms with Crippen molar-refractivity contribution in [3.63, 3.8) is 0 Å². The minimum atomic E-state index is -0.232. The van der Waals surface area contributed by atoms with Crippen LogP contribution >= 0.6 is 11.6 Å². The van der Waals surface area contributed by atoms with Crippen LogP contribution in [0.25, 0.3) is 0 Å². The van der Waals surface area contributed by atoms with Gasteiger partial charge in [0, 0.05) is 32.0 Å². The Labute approximate surface area is 94.6 Å². The summed E-state index contributed by atoms with van der Waals surface area (Å²) >= 11 is 5.59. The van der Waals surface area contributed by atoms with E-state index in [1.165, 1.54) is 0 Å². The van der Waals surface area contributed by atoms with Crippen molar-refractivity contribution in [3.05, 3.63) is 23.2 Å². The molecule has 0 radical (unpaired) electrons. The van der Waals surface area contributed by atoms with Crippen molar-refractivity contribution >= 4 is 11.6 Å². The van der Waals surface area contributed by atoms with Gasteiger partial charge in [-0.15, -0.1) is 0 Å². The molecule has 0 spiro atoms. The third-order valence-electron chi connectivity index (χ3n) is 1.78. The minimum absolute atomic E-state index is 0.232. The van der Waals surface area contributed by atoms with E-state index in [1.807, 2.05) is 13.8 Å². The van der Waals surface area contributed by atoms with Gasteiger partial charge in [0.15, 0.2) is 6.29 Å².